The van der Waals surface area contributed by atoms with E-state index >= 15 is 0 Å². The van der Waals surface area contributed by atoms with E-state index in [9.17, 15) is 0 Å². The molecule has 1 heterocycles. The molecule has 0 fully saturated rings. The molecule has 1 aromatic heterocycles. The van der Waals surface area contributed by atoms with Crippen LogP contribution in [0, 0.1) is 0 Å². The van der Waals surface area contributed by atoms with Crippen LogP contribution in [-0.2, 0) is 17.7 Å². The topological polar surface area (TPSA) is 79.6 Å². The lowest BCUT2D eigenvalue weighted by atomic mass is 10.4. The summed E-state index contributed by atoms with van der Waals surface area (Å²) < 4.78 is 7.14. The molecule has 0 saturated heterocycles. The molecule has 0 aromatic carbocycles. The maximum absolute atomic E-state index is 5.07. The average molecular weight is 467 g/mol. The number of halogens is 1. The van der Waals surface area contributed by atoms with Crippen molar-refractivity contribution in [3.63, 3.8) is 0 Å². The van der Waals surface area contributed by atoms with Gasteiger partial charge in [-0.15, -0.1) is 34.2 Å². The van der Waals surface area contributed by atoms with E-state index in [-0.39, 0.29) is 24.0 Å². The summed E-state index contributed by atoms with van der Waals surface area (Å²) in [6.07, 6.45) is 3.72. The van der Waals surface area contributed by atoms with Gasteiger partial charge >= 0.3 is 0 Å². The van der Waals surface area contributed by atoms with Crippen molar-refractivity contribution in [1.82, 2.24) is 30.3 Å². The van der Waals surface area contributed by atoms with E-state index in [2.05, 4.69) is 56.2 Å². The van der Waals surface area contributed by atoms with Crippen LogP contribution in [0.3, 0.4) is 0 Å². The van der Waals surface area contributed by atoms with E-state index in [0.717, 1.165) is 70.5 Å². The number of nitrogens with zero attached hydrogens (tertiary/aromatic N) is 5. The predicted molar refractivity (Wildman–Crippen MR) is 113 cm³/mol. The quantitative estimate of drug-likeness (QED) is 0.207. The van der Waals surface area contributed by atoms with E-state index in [0.29, 0.717) is 0 Å². The monoisotopic (exact) mass is 467 g/mol. The third-order valence-electron chi connectivity index (χ3n) is 3.64. The molecule has 2 N–H and O–H groups in total. The van der Waals surface area contributed by atoms with Gasteiger partial charge in [-0.25, -0.2) is 0 Å². The third kappa shape index (κ3) is 10.6. The van der Waals surface area contributed by atoms with Gasteiger partial charge in [-0.3, -0.25) is 4.99 Å². The Morgan fingerprint density at radius 3 is 2.80 bits per heavy atom. The first-order valence-electron chi connectivity index (χ1n) is 8.77. The zero-order valence-electron chi connectivity index (χ0n) is 16.0. The lowest BCUT2D eigenvalue weighted by Gasteiger charge is -2.16. The molecule has 0 unspecified atom stereocenters. The second-order valence-electron chi connectivity index (χ2n) is 5.63. The second kappa shape index (κ2) is 15.3. The van der Waals surface area contributed by atoms with Crippen LogP contribution in [0.1, 0.15) is 26.1 Å². The molecule has 0 aliphatic heterocycles. The predicted octanol–water partition coefficient (Wildman–Crippen LogP) is 0.982. The number of aliphatic imine (C=N–C) groups is 1. The highest BCUT2D eigenvalue weighted by atomic mass is 127. The van der Waals surface area contributed by atoms with Gasteiger partial charge in [-0.2, -0.15) is 0 Å². The Labute approximate surface area is 168 Å². The van der Waals surface area contributed by atoms with Gasteiger partial charge in [-0.05, 0) is 20.4 Å². The molecule has 0 aliphatic rings. The van der Waals surface area contributed by atoms with Crippen molar-refractivity contribution in [2.45, 2.75) is 33.2 Å². The Morgan fingerprint density at radius 1 is 1.32 bits per heavy atom. The molecule has 25 heavy (non-hydrogen) atoms. The van der Waals surface area contributed by atoms with Crippen LogP contribution in [0.2, 0.25) is 0 Å². The van der Waals surface area contributed by atoms with Crippen molar-refractivity contribution < 1.29 is 4.74 Å². The number of nitrogens with one attached hydrogen (secondary N) is 2. The highest BCUT2D eigenvalue weighted by Crippen LogP contribution is 1.94. The van der Waals surface area contributed by atoms with Crippen LogP contribution >= 0.6 is 24.0 Å². The van der Waals surface area contributed by atoms with Crippen molar-refractivity contribution in [1.29, 1.82) is 0 Å². The second-order valence-corrected chi connectivity index (χ2v) is 5.63. The lowest BCUT2D eigenvalue weighted by Crippen LogP contribution is -2.39. The normalized spacial score (nSPS) is 11.5. The molecular weight excluding hydrogens is 433 g/mol. The molecule has 9 heteroatoms. The molecule has 8 nitrogen and oxygen atoms in total. The Balaban J connectivity index is 0.00000576. The van der Waals surface area contributed by atoms with Crippen LogP contribution in [0.15, 0.2) is 11.3 Å². The zero-order valence-corrected chi connectivity index (χ0v) is 18.3. The van der Waals surface area contributed by atoms with Crippen LogP contribution in [0.25, 0.3) is 0 Å². The summed E-state index contributed by atoms with van der Waals surface area (Å²) >= 11 is 0. The molecule has 0 radical (unpaired) electrons. The largest absolute Gasteiger partial charge is 0.385 e. The van der Waals surface area contributed by atoms with Crippen molar-refractivity contribution >= 4 is 29.9 Å². The molecular formula is C16H34IN7O. The fourth-order valence-electron chi connectivity index (χ4n) is 2.30. The maximum Gasteiger partial charge on any atom is 0.191 e. The maximum atomic E-state index is 5.07. The number of hydrogen-bond donors (Lipinski definition) is 2. The molecule has 1 aromatic rings. The van der Waals surface area contributed by atoms with E-state index in [1.54, 1.807) is 13.4 Å². The average Bonchev–Trinajstić information content (AvgIpc) is 3.02. The first-order valence-corrected chi connectivity index (χ1v) is 8.77. The van der Waals surface area contributed by atoms with Crippen molar-refractivity contribution in [2.24, 2.45) is 4.99 Å². The van der Waals surface area contributed by atoms with Crippen molar-refractivity contribution in [3.8, 4) is 0 Å². The summed E-state index contributed by atoms with van der Waals surface area (Å²) in [7, 11) is 3.85. The first kappa shape index (κ1) is 24.1. The molecule has 146 valence electrons. The summed E-state index contributed by atoms with van der Waals surface area (Å²) in [6, 6.07) is 0. The van der Waals surface area contributed by atoms with E-state index in [1.807, 2.05) is 0 Å². The smallest absolute Gasteiger partial charge is 0.191 e. The number of hydrogen-bond acceptors (Lipinski definition) is 5. The number of likely N-dealkylation sites (N-methyl/N-ethyl adjacent to an activating group) is 1. The Hall–Kier alpha value is -0.940. The van der Waals surface area contributed by atoms with Gasteiger partial charge in [0, 0.05) is 52.9 Å². The zero-order chi connectivity index (χ0) is 17.6. The Morgan fingerprint density at radius 2 is 2.12 bits per heavy atom. The van der Waals surface area contributed by atoms with E-state index in [1.165, 1.54) is 0 Å². The van der Waals surface area contributed by atoms with Gasteiger partial charge in [0.15, 0.2) is 5.96 Å². The fraction of sp³-hybridized carbons (Fsp3) is 0.812. The van der Waals surface area contributed by atoms with Gasteiger partial charge in [0.1, 0.15) is 12.2 Å². The minimum absolute atomic E-state index is 0. The molecule has 0 amide bonds. The van der Waals surface area contributed by atoms with Crippen LogP contribution < -0.4 is 10.6 Å². The summed E-state index contributed by atoms with van der Waals surface area (Å²) in [5.74, 6) is 1.87. The van der Waals surface area contributed by atoms with Crippen LogP contribution in [0.5, 0.6) is 0 Å². The summed E-state index contributed by atoms with van der Waals surface area (Å²) in [4.78, 5) is 6.90. The lowest BCUT2D eigenvalue weighted by molar-refractivity contribution is 0.180. The molecule has 0 bridgehead atoms. The van der Waals surface area contributed by atoms with Gasteiger partial charge < -0.3 is 24.8 Å². The molecule has 0 saturated carbocycles. The SMILES string of the molecule is CCNC(=NCCN(C)CCCOC)NCCn1cnnc1CC.I. The van der Waals surface area contributed by atoms with Gasteiger partial charge in [0.05, 0.1) is 6.54 Å². The van der Waals surface area contributed by atoms with Crippen molar-refractivity contribution in [2.75, 3.05) is 53.5 Å². The highest BCUT2D eigenvalue weighted by Gasteiger charge is 2.02. The van der Waals surface area contributed by atoms with Crippen LogP contribution in [0.4, 0.5) is 0 Å². The van der Waals surface area contributed by atoms with E-state index in [4.69, 9.17) is 4.74 Å². The van der Waals surface area contributed by atoms with Crippen LogP contribution in [-0.4, -0.2) is 79.1 Å². The summed E-state index contributed by atoms with van der Waals surface area (Å²) in [5.41, 5.74) is 0. The van der Waals surface area contributed by atoms with Gasteiger partial charge in [-0.1, -0.05) is 6.92 Å². The number of ether oxygens (including phenoxy) is 1. The van der Waals surface area contributed by atoms with Gasteiger partial charge in [0.25, 0.3) is 0 Å². The molecule has 1 rings (SSSR count). The van der Waals surface area contributed by atoms with E-state index < -0.39 is 0 Å². The van der Waals surface area contributed by atoms with Crippen molar-refractivity contribution in [3.05, 3.63) is 12.2 Å². The number of aryl methyl sites for hydroxylation is 1. The summed E-state index contributed by atoms with van der Waals surface area (Å²) in [5, 5.41) is 14.7. The Bertz CT molecular complexity index is 467. The fourth-order valence-corrected chi connectivity index (χ4v) is 2.30. The number of guanidine groups is 1. The number of rotatable bonds is 12. The number of aromatic nitrogens is 3. The summed E-state index contributed by atoms with van der Waals surface area (Å²) in [6.45, 7) is 10.2. The molecule has 0 atom stereocenters. The first-order chi connectivity index (χ1) is 11.7. The standard InChI is InChI=1S/C16H33N7O.HI/c1-5-15-21-20-14-23(15)12-9-19-16(17-6-2)18-8-11-22(3)10-7-13-24-4;/h14H,5-13H2,1-4H3,(H2,17,18,19);1H. The Kier molecular flexibility index (Phi) is 14.7. The minimum Gasteiger partial charge on any atom is -0.385 e. The minimum atomic E-state index is 0. The highest BCUT2D eigenvalue weighted by molar-refractivity contribution is 14.0. The molecule has 0 spiro atoms. The molecule has 0 aliphatic carbocycles. The third-order valence-corrected chi connectivity index (χ3v) is 3.64. The van der Waals surface area contributed by atoms with Gasteiger partial charge in [0.2, 0.25) is 0 Å². The number of methoxy groups -OCH3 is 1.